The van der Waals surface area contributed by atoms with Gasteiger partial charge in [-0.25, -0.2) is 0 Å². The first-order valence-corrected chi connectivity index (χ1v) is 6.95. The Balaban J connectivity index is 1.92. The van der Waals surface area contributed by atoms with E-state index in [-0.39, 0.29) is 5.41 Å². The zero-order valence-corrected chi connectivity index (χ0v) is 10.1. The highest BCUT2D eigenvalue weighted by Gasteiger charge is 2.45. The Kier molecular flexibility index (Phi) is 2.54. The molecule has 0 aromatic rings. The fourth-order valence-corrected chi connectivity index (χ4v) is 4.20. The second kappa shape index (κ2) is 3.91. The molecule has 1 saturated carbocycles. The van der Waals surface area contributed by atoms with Crippen molar-refractivity contribution < 1.29 is 0 Å². The maximum absolute atomic E-state index is 9.59. The van der Waals surface area contributed by atoms with Gasteiger partial charge in [0.1, 0.15) is 0 Å². The molecule has 3 aliphatic rings. The van der Waals surface area contributed by atoms with E-state index in [1.807, 2.05) is 0 Å². The Bertz CT molecular complexity index is 360. The maximum atomic E-state index is 9.59. The zero-order chi connectivity index (χ0) is 11.0. The molecule has 1 fully saturated rings. The minimum absolute atomic E-state index is 0.0500. The number of hydrogen-bond donors (Lipinski definition) is 0. The van der Waals surface area contributed by atoms with Gasteiger partial charge in [0.05, 0.1) is 11.5 Å². The van der Waals surface area contributed by atoms with E-state index >= 15 is 0 Å². The summed E-state index contributed by atoms with van der Waals surface area (Å²) in [4.78, 5) is 0. The average Bonchev–Trinajstić information content (AvgIpc) is 2.36. The molecule has 2 atom stereocenters. The number of hydrogen-bond acceptors (Lipinski definition) is 1. The molecule has 0 amide bonds. The number of nitrogens with zero attached hydrogens (tertiary/aromatic N) is 1. The summed E-state index contributed by atoms with van der Waals surface area (Å²) in [5, 5.41) is 9.59. The van der Waals surface area contributed by atoms with Gasteiger partial charge in [0.25, 0.3) is 0 Å². The van der Waals surface area contributed by atoms with Gasteiger partial charge in [0.2, 0.25) is 0 Å². The number of allylic oxidation sites excluding steroid dienone is 2. The van der Waals surface area contributed by atoms with Crippen molar-refractivity contribution in [1.29, 1.82) is 5.26 Å². The summed E-state index contributed by atoms with van der Waals surface area (Å²) < 4.78 is 0. The fraction of sp³-hybridized carbons (Fsp3) is 0.800. The van der Waals surface area contributed by atoms with Crippen LogP contribution < -0.4 is 0 Å². The first-order chi connectivity index (χ1) is 7.84. The van der Waals surface area contributed by atoms with Crippen LogP contribution in [0.2, 0.25) is 0 Å². The zero-order valence-electron chi connectivity index (χ0n) is 10.1. The van der Waals surface area contributed by atoms with E-state index in [2.05, 4.69) is 6.07 Å². The predicted octanol–water partition coefficient (Wildman–Crippen LogP) is 4.35. The van der Waals surface area contributed by atoms with Gasteiger partial charge in [-0.2, -0.15) is 5.26 Å². The molecule has 0 unspecified atom stereocenters. The van der Waals surface area contributed by atoms with E-state index in [1.54, 1.807) is 11.1 Å². The molecule has 0 spiro atoms. The lowest BCUT2D eigenvalue weighted by Gasteiger charge is -2.45. The van der Waals surface area contributed by atoms with Gasteiger partial charge in [-0.05, 0) is 57.3 Å². The van der Waals surface area contributed by atoms with Crippen molar-refractivity contribution >= 4 is 0 Å². The summed E-state index contributed by atoms with van der Waals surface area (Å²) in [7, 11) is 0. The first-order valence-electron chi connectivity index (χ1n) is 6.95. The minimum atomic E-state index is 0.0500. The Morgan fingerprint density at radius 1 is 1.06 bits per heavy atom. The molecule has 0 radical (unpaired) electrons. The van der Waals surface area contributed by atoms with Crippen LogP contribution in [0.1, 0.15) is 64.2 Å². The molecular formula is C15H21N. The highest BCUT2D eigenvalue weighted by atomic mass is 14.5. The highest BCUT2D eigenvalue weighted by molar-refractivity contribution is 5.28. The summed E-state index contributed by atoms with van der Waals surface area (Å²) in [6.45, 7) is 0. The van der Waals surface area contributed by atoms with Gasteiger partial charge in [-0.1, -0.05) is 24.0 Å². The van der Waals surface area contributed by atoms with Crippen molar-refractivity contribution in [1.82, 2.24) is 0 Å². The first kappa shape index (κ1) is 10.4. The van der Waals surface area contributed by atoms with Crippen LogP contribution in [0.15, 0.2) is 11.1 Å². The summed E-state index contributed by atoms with van der Waals surface area (Å²) in [6.07, 6.45) is 12.9. The van der Waals surface area contributed by atoms with Crippen molar-refractivity contribution in [2.45, 2.75) is 64.2 Å². The Morgan fingerprint density at radius 3 is 2.69 bits per heavy atom. The molecule has 3 rings (SSSR count). The second-order valence-corrected chi connectivity index (χ2v) is 6.01. The van der Waals surface area contributed by atoms with E-state index in [9.17, 15) is 5.26 Å². The van der Waals surface area contributed by atoms with Crippen LogP contribution in [0.25, 0.3) is 0 Å². The third-order valence-corrected chi connectivity index (χ3v) is 5.16. The molecule has 0 aromatic carbocycles. The van der Waals surface area contributed by atoms with Crippen LogP contribution in [0.4, 0.5) is 0 Å². The third kappa shape index (κ3) is 1.51. The molecule has 86 valence electrons. The predicted molar refractivity (Wildman–Crippen MR) is 64.7 cm³/mol. The van der Waals surface area contributed by atoms with E-state index in [0.717, 1.165) is 6.42 Å². The van der Waals surface area contributed by atoms with E-state index < -0.39 is 0 Å². The minimum Gasteiger partial charge on any atom is -0.198 e. The second-order valence-electron chi connectivity index (χ2n) is 6.01. The SMILES string of the molecule is N#C[C@]12CCCC[C@H]1CC1=C(CCCC1)C2. The van der Waals surface area contributed by atoms with Gasteiger partial charge < -0.3 is 0 Å². The van der Waals surface area contributed by atoms with Crippen molar-refractivity contribution in [3.05, 3.63) is 11.1 Å². The normalized spacial score (nSPS) is 38.6. The molecular weight excluding hydrogens is 194 g/mol. The monoisotopic (exact) mass is 215 g/mol. The molecule has 16 heavy (non-hydrogen) atoms. The van der Waals surface area contributed by atoms with Crippen LogP contribution in [-0.2, 0) is 0 Å². The maximum Gasteiger partial charge on any atom is 0.0696 e. The van der Waals surface area contributed by atoms with Crippen LogP contribution in [0.3, 0.4) is 0 Å². The molecule has 1 heteroatoms. The molecule has 0 heterocycles. The third-order valence-electron chi connectivity index (χ3n) is 5.16. The lowest BCUT2D eigenvalue weighted by Crippen LogP contribution is -2.37. The number of nitriles is 1. The number of rotatable bonds is 0. The van der Waals surface area contributed by atoms with Gasteiger partial charge in [-0.15, -0.1) is 0 Å². The lowest BCUT2D eigenvalue weighted by molar-refractivity contribution is 0.139. The lowest BCUT2D eigenvalue weighted by atomic mass is 9.57. The molecule has 1 nitrogen and oxygen atoms in total. The van der Waals surface area contributed by atoms with E-state index in [4.69, 9.17) is 0 Å². The van der Waals surface area contributed by atoms with Crippen molar-refractivity contribution in [3.8, 4) is 6.07 Å². The molecule has 3 aliphatic carbocycles. The summed E-state index contributed by atoms with van der Waals surface area (Å²) in [6, 6.07) is 2.72. The van der Waals surface area contributed by atoms with Crippen LogP contribution in [0, 0.1) is 22.7 Å². The molecule has 0 saturated heterocycles. The molecule has 0 aliphatic heterocycles. The molecule has 0 N–H and O–H groups in total. The van der Waals surface area contributed by atoms with Crippen LogP contribution in [-0.4, -0.2) is 0 Å². The average molecular weight is 215 g/mol. The Morgan fingerprint density at radius 2 is 1.88 bits per heavy atom. The van der Waals surface area contributed by atoms with Gasteiger partial charge in [0, 0.05) is 0 Å². The topological polar surface area (TPSA) is 23.8 Å². The van der Waals surface area contributed by atoms with Gasteiger partial charge in [-0.3, -0.25) is 0 Å². The molecule has 0 aromatic heterocycles. The number of fused-ring (bicyclic) bond motifs is 1. The smallest absolute Gasteiger partial charge is 0.0696 e. The highest BCUT2D eigenvalue weighted by Crippen LogP contribution is 2.54. The fourth-order valence-electron chi connectivity index (χ4n) is 4.20. The van der Waals surface area contributed by atoms with E-state index in [0.29, 0.717) is 5.92 Å². The quantitative estimate of drug-likeness (QED) is 0.551. The Labute approximate surface area is 98.5 Å². The standard InChI is InChI=1S/C15H21N/c16-11-15-8-4-3-7-14(15)9-12-5-1-2-6-13(12)10-15/h14H,1-10H2/t14-,15+/m0/s1. The van der Waals surface area contributed by atoms with Crippen molar-refractivity contribution in [2.24, 2.45) is 11.3 Å². The summed E-state index contributed by atoms with van der Waals surface area (Å²) >= 11 is 0. The van der Waals surface area contributed by atoms with Gasteiger partial charge in [0.15, 0.2) is 0 Å². The van der Waals surface area contributed by atoms with Crippen LogP contribution >= 0.6 is 0 Å². The van der Waals surface area contributed by atoms with Crippen molar-refractivity contribution in [3.63, 3.8) is 0 Å². The largest absolute Gasteiger partial charge is 0.198 e. The summed E-state index contributed by atoms with van der Waals surface area (Å²) in [5.74, 6) is 0.697. The molecule has 0 bridgehead atoms. The van der Waals surface area contributed by atoms with E-state index in [1.165, 1.54) is 57.8 Å². The van der Waals surface area contributed by atoms with Gasteiger partial charge >= 0.3 is 0 Å². The van der Waals surface area contributed by atoms with Crippen molar-refractivity contribution in [2.75, 3.05) is 0 Å². The Hall–Kier alpha value is -0.770. The summed E-state index contributed by atoms with van der Waals surface area (Å²) in [5.41, 5.74) is 3.49. The van der Waals surface area contributed by atoms with Crippen LogP contribution in [0.5, 0.6) is 0 Å².